The molecule has 0 saturated carbocycles. The number of rotatable bonds is 2. The molecule has 0 heterocycles. The molecular weight excluding hydrogens is 240 g/mol. The molecule has 3 nitrogen and oxygen atoms in total. The van der Waals surface area contributed by atoms with Crippen molar-refractivity contribution in [3.63, 3.8) is 0 Å². The molecule has 0 spiro atoms. The molecule has 0 aliphatic carbocycles. The topological polar surface area (TPSA) is 51.2 Å². The highest BCUT2D eigenvalue weighted by Crippen LogP contribution is 2.13. The van der Waals surface area contributed by atoms with Crippen LogP contribution in [0.15, 0.2) is 54.6 Å². The van der Waals surface area contributed by atoms with Crippen LogP contribution >= 0.6 is 11.6 Å². The maximum Gasteiger partial charge on any atom is 0.193 e. The minimum Gasteiger partial charge on any atom is -0.289 e. The van der Waals surface area contributed by atoms with E-state index >= 15 is 0 Å². The summed E-state index contributed by atoms with van der Waals surface area (Å²) in [7, 11) is 0. The van der Waals surface area contributed by atoms with Crippen molar-refractivity contribution in [1.82, 2.24) is 0 Å². The van der Waals surface area contributed by atoms with E-state index in [0.29, 0.717) is 16.1 Å². The molecule has 2 aromatic carbocycles. The fraction of sp³-hybridized carbons (Fsp3) is 0. The van der Waals surface area contributed by atoms with E-state index in [1.54, 1.807) is 36.4 Å². The lowest BCUT2D eigenvalue weighted by molar-refractivity contribution is 0.103. The first kappa shape index (κ1) is 13.1. The molecule has 0 aliphatic heterocycles. The van der Waals surface area contributed by atoms with Gasteiger partial charge in [-0.05, 0) is 24.3 Å². The monoisotopic (exact) mass is 248 g/mol. The molecule has 0 fully saturated rings. The lowest BCUT2D eigenvalue weighted by Crippen LogP contribution is -1.99. The summed E-state index contributed by atoms with van der Waals surface area (Å²) in [5.41, 5.74) is 1.35. The van der Waals surface area contributed by atoms with E-state index in [0.717, 1.165) is 0 Å². The summed E-state index contributed by atoms with van der Waals surface area (Å²) in [4.78, 5) is 25.9. The maximum absolute atomic E-state index is 11.9. The van der Waals surface area contributed by atoms with E-state index in [4.69, 9.17) is 21.5 Å². The van der Waals surface area contributed by atoms with Gasteiger partial charge in [0.25, 0.3) is 0 Å². The Balaban J connectivity index is 0.000000686. The van der Waals surface area contributed by atoms with Crippen LogP contribution in [-0.4, -0.2) is 5.78 Å². The highest BCUT2D eigenvalue weighted by Gasteiger charge is 2.07. The summed E-state index contributed by atoms with van der Waals surface area (Å²) in [5.74, 6) is 0.0206. The first-order valence-electron chi connectivity index (χ1n) is 4.79. The third-order valence-electron chi connectivity index (χ3n) is 2.14. The highest BCUT2D eigenvalue weighted by molar-refractivity contribution is 6.30. The molecule has 2 aromatic rings. The summed E-state index contributed by atoms with van der Waals surface area (Å²) in [6, 6.07) is 16.1. The van der Waals surface area contributed by atoms with Crippen LogP contribution in [0.3, 0.4) is 0 Å². The van der Waals surface area contributed by atoms with Crippen molar-refractivity contribution >= 4 is 17.4 Å². The minimum atomic E-state index is 0.0206. The summed E-state index contributed by atoms with van der Waals surface area (Å²) in [5, 5.41) is 0.639. The molecule has 0 N–H and O–H groups in total. The lowest BCUT2D eigenvalue weighted by atomic mass is 10.0. The Kier molecular flexibility index (Phi) is 5.04. The number of benzene rings is 2. The Morgan fingerprint density at radius 2 is 1.24 bits per heavy atom. The molecule has 0 unspecified atom stereocenters. The smallest absolute Gasteiger partial charge is 0.193 e. The molecule has 0 saturated heterocycles. The number of hydrogen-bond donors (Lipinski definition) is 0. The Hall–Kier alpha value is -2.00. The molecule has 0 aromatic heterocycles. The molecule has 86 valence electrons. The summed E-state index contributed by atoms with van der Waals surface area (Å²) < 4.78 is 0. The fourth-order valence-corrected chi connectivity index (χ4v) is 1.48. The van der Waals surface area contributed by atoms with Gasteiger partial charge in [0.2, 0.25) is 0 Å². The quantitative estimate of drug-likeness (QED) is 0.763. The standard InChI is InChI=1S/C13H9ClO.O2/c14-12-8-6-11(7-9-12)13(15)10-4-2-1-3-5-10;1-2/h1-9H;. The van der Waals surface area contributed by atoms with E-state index in [2.05, 4.69) is 0 Å². The van der Waals surface area contributed by atoms with Gasteiger partial charge in [0, 0.05) is 26.1 Å². The van der Waals surface area contributed by atoms with Gasteiger partial charge in [-0.25, -0.2) is 0 Å². The van der Waals surface area contributed by atoms with Crippen LogP contribution in [-0.2, 0) is 0 Å². The van der Waals surface area contributed by atoms with Crippen LogP contribution in [0.2, 0.25) is 5.02 Å². The second kappa shape index (κ2) is 6.55. The first-order valence-corrected chi connectivity index (χ1v) is 5.17. The van der Waals surface area contributed by atoms with Gasteiger partial charge in [-0.3, -0.25) is 4.79 Å². The van der Waals surface area contributed by atoms with Gasteiger partial charge < -0.3 is 0 Å². The fourth-order valence-electron chi connectivity index (χ4n) is 1.36. The van der Waals surface area contributed by atoms with Gasteiger partial charge in [-0.1, -0.05) is 41.9 Å². The van der Waals surface area contributed by atoms with Crippen molar-refractivity contribution in [2.45, 2.75) is 0 Å². The van der Waals surface area contributed by atoms with Crippen LogP contribution in [0, 0.1) is 9.93 Å². The van der Waals surface area contributed by atoms with Crippen molar-refractivity contribution in [1.29, 1.82) is 0 Å². The van der Waals surface area contributed by atoms with Crippen molar-refractivity contribution < 1.29 is 4.79 Å². The third kappa shape index (κ3) is 3.50. The number of carbonyl (C=O) groups is 1. The Morgan fingerprint density at radius 3 is 1.76 bits per heavy atom. The molecular formula is C13H9ClO3. The van der Waals surface area contributed by atoms with Crippen LogP contribution in [0.4, 0.5) is 0 Å². The van der Waals surface area contributed by atoms with Crippen molar-refractivity contribution in [3.8, 4) is 0 Å². The van der Waals surface area contributed by atoms with Gasteiger partial charge >= 0.3 is 0 Å². The average Bonchev–Trinajstić information content (AvgIpc) is 2.42. The SMILES string of the molecule is O=C(c1ccccc1)c1ccc(Cl)cc1.O=O. The van der Waals surface area contributed by atoms with Gasteiger partial charge in [0.1, 0.15) is 0 Å². The third-order valence-corrected chi connectivity index (χ3v) is 2.39. The minimum absolute atomic E-state index is 0.0206. The molecule has 0 atom stereocenters. The van der Waals surface area contributed by atoms with Gasteiger partial charge in [-0.15, -0.1) is 0 Å². The lowest BCUT2D eigenvalue weighted by Gasteiger charge is -2.00. The molecule has 0 bridgehead atoms. The molecule has 17 heavy (non-hydrogen) atoms. The van der Waals surface area contributed by atoms with E-state index in [9.17, 15) is 4.79 Å². The van der Waals surface area contributed by atoms with Gasteiger partial charge in [0.05, 0.1) is 0 Å². The van der Waals surface area contributed by atoms with Crippen molar-refractivity contribution in [3.05, 3.63) is 80.7 Å². The van der Waals surface area contributed by atoms with Crippen LogP contribution < -0.4 is 0 Å². The Bertz CT molecular complexity index is 480. The second-order valence-corrected chi connectivity index (χ2v) is 3.64. The Labute approximate surface area is 103 Å². The summed E-state index contributed by atoms with van der Waals surface area (Å²) in [6.07, 6.45) is 0. The average molecular weight is 249 g/mol. The zero-order valence-electron chi connectivity index (χ0n) is 8.80. The first-order chi connectivity index (χ1) is 8.27. The zero-order chi connectivity index (χ0) is 12.7. The number of ketones is 1. The number of hydrogen-bond acceptors (Lipinski definition) is 3. The van der Waals surface area contributed by atoms with E-state index in [1.165, 1.54) is 0 Å². The largest absolute Gasteiger partial charge is 0.289 e. The van der Waals surface area contributed by atoms with Crippen molar-refractivity contribution in [2.24, 2.45) is 0 Å². The van der Waals surface area contributed by atoms with Crippen LogP contribution in [0.5, 0.6) is 0 Å². The zero-order valence-corrected chi connectivity index (χ0v) is 9.55. The molecule has 4 heteroatoms. The van der Waals surface area contributed by atoms with Crippen molar-refractivity contribution in [2.75, 3.05) is 0 Å². The summed E-state index contributed by atoms with van der Waals surface area (Å²) in [6.45, 7) is 0. The molecule has 0 aliphatic rings. The van der Waals surface area contributed by atoms with Crippen LogP contribution in [0.1, 0.15) is 15.9 Å². The predicted molar refractivity (Wildman–Crippen MR) is 68.1 cm³/mol. The summed E-state index contributed by atoms with van der Waals surface area (Å²) >= 11 is 5.75. The molecule has 0 amide bonds. The molecule has 0 radical (unpaired) electrons. The number of carbonyl (C=O) groups excluding carboxylic acids is 1. The van der Waals surface area contributed by atoms with Crippen LogP contribution in [0.25, 0.3) is 0 Å². The second-order valence-electron chi connectivity index (χ2n) is 3.20. The van der Waals surface area contributed by atoms with Gasteiger partial charge in [-0.2, -0.15) is 0 Å². The molecule has 2 rings (SSSR count). The predicted octanol–water partition coefficient (Wildman–Crippen LogP) is 3.64. The van der Waals surface area contributed by atoms with E-state index in [1.807, 2.05) is 18.2 Å². The highest BCUT2D eigenvalue weighted by atomic mass is 35.5. The number of halogens is 1. The van der Waals surface area contributed by atoms with Gasteiger partial charge in [0.15, 0.2) is 5.78 Å². The Morgan fingerprint density at radius 1 is 0.765 bits per heavy atom. The van der Waals surface area contributed by atoms with E-state index < -0.39 is 0 Å². The normalized spacial score (nSPS) is 9.00. The van der Waals surface area contributed by atoms with E-state index in [-0.39, 0.29) is 5.78 Å². The maximum atomic E-state index is 11.9.